The number of nitrogens with zero attached hydrogens (tertiary/aromatic N) is 2. The second kappa shape index (κ2) is 11.7. The number of ether oxygens (including phenoxy) is 1. The molecule has 0 saturated carbocycles. The summed E-state index contributed by atoms with van der Waals surface area (Å²) in [5, 5.41) is 5.70. The van der Waals surface area contributed by atoms with Gasteiger partial charge in [0.25, 0.3) is 0 Å². The number of hydrogen-bond acceptors (Lipinski definition) is 4. The number of carbonyl (C=O) groups excluding carboxylic acids is 2. The van der Waals surface area contributed by atoms with E-state index in [1.165, 1.54) is 12.1 Å². The summed E-state index contributed by atoms with van der Waals surface area (Å²) >= 11 is 0. The lowest BCUT2D eigenvalue weighted by atomic mass is 9.92. The minimum absolute atomic E-state index is 0.0638. The number of rotatable bonds is 9. The van der Waals surface area contributed by atoms with E-state index in [0.717, 1.165) is 11.3 Å². The Hall–Kier alpha value is -3.13. The Labute approximate surface area is 195 Å². The van der Waals surface area contributed by atoms with Crippen molar-refractivity contribution >= 4 is 29.0 Å². The van der Waals surface area contributed by atoms with Crippen molar-refractivity contribution in [3.8, 4) is 0 Å². The molecular weight excluding hydrogens is 423 g/mol. The van der Waals surface area contributed by atoms with Gasteiger partial charge in [0, 0.05) is 57.8 Å². The van der Waals surface area contributed by atoms with Gasteiger partial charge >= 0.3 is 6.03 Å². The summed E-state index contributed by atoms with van der Waals surface area (Å²) in [5.41, 5.74) is 2.70. The third-order valence-corrected chi connectivity index (χ3v) is 4.83. The zero-order valence-electron chi connectivity index (χ0n) is 20.4. The molecule has 7 nitrogen and oxygen atoms in total. The van der Waals surface area contributed by atoms with Gasteiger partial charge < -0.3 is 25.2 Å². The minimum Gasteiger partial charge on any atom is -0.383 e. The molecule has 8 heteroatoms. The van der Waals surface area contributed by atoms with Crippen molar-refractivity contribution in [2.75, 3.05) is 49.9 Å². The highest BCUT2D eigenvalue weighted by molar-refractivity contribution is 5.92. The number of urea groups is 1. The summed E-state index contributed by atoms with van der Waals surface area (Å²) in [4.78, 5) is 29.0. The standard InChI is InChI=1S/C25H35FN4O3/c1-25(2,3)16-23(31)27-21-10-11-22(29(4)5)18(14-21)17-30(12-13-33-6)24(32)28-20-9-7-8-19(26)15-20/h7-11,14-15H,12-13,16-17H2,1-6H3,(H,27,31)(H,28,32). The Balaban J connectivity index is 2.26. The molecule has 0 bridgehead atoms. The van der Waals surface area contributed by atoms with Crippen LogP contribution >= 0.6 is 0 Å². The van der Waals surface area contributed by atoms with Gasteiger partial charge in [-0.05, 0) is 47.4 Å². The van der Waals surface area contributed by atoms with Gasteiger partial charge in [-0.25, -0.2) is 9.18 Å². The highest BCUT2D eigenvalue weighted by atomic mass is 19.1. The molecule has 0 unspecified atom stereocenters. The van der Waals surface area contributed by atoms with Crippen molar-refractivity contribution in [1.82, 2.24) is 4.90 Å². The van der Waals surface area contributed by atoms with Gasteiger partial charge in [0.15, 0.2) is 0 Å². The highest BCUT2D eigenvalue weighted by Gasteiger charge is 2.19. The van der Waals surface area contributed by atoms with Crippen LogP contribution in [0.2, 0.25) is 0 Å². The Morgan fingerprint density at radius 3 is 2.33 bits per heavy atom. The fourth-order valence-electron chi connectivity index (χ4n) is 3.34. The van der Waals surface area contributed by atoms with E-state index >= 15 is 0 Å². The van der Waals surface area contributed by atoms with Crippen molar-refractivity contribution in [2.24, 2.45) is 5.41 Å². The summed E-state index contributed by atoms with van der Waals surface area (Å²) in [6.07, 6.45) is 0.397. The van der Waals surface area contributed by atoms with E-state index in [4.69, 9.17) is 4.74 Å². The summed E-state index contributed by atoms with van der Waals surface area (Å²) in [6.45, 7) is 7.00. The second-order valence-corrected chi connectivity index (χ2v) is 9.38. The molecule has 3 amide bonds. The maximum absolute atomic E-state index is 13.5. The van der Waals surface area contributed by atoms with E-state index in [1.807, 2.05) is 58.0 Å². The molecule has 0 radical (unpaired) electrons. The van der Waals surface area contributed by atoms with Crippen molar-refractivity contribution in [3.05, 3.63) is 53.8 Å². The van der Waals surface area contributed by atoms with E-state index in [0.29, 0.717) is 30.9 Å². The van der Waals surface area contributed by atoms with E-state index in [9.17, 15) is 14.0 Å². The first-order valence-corrected chi connectivity index (χ1v) is 10.9. The van der Waals surface area contributed by atoms with Gasteiger partial charge in [0.1, 0.15) is 5.82 Å². The Morgan fingerprint density at radius 1 is 1.03 bits per heavy atom. The zero-order chi connectivity index (χ0) is 24.6. The first kappa shape index (κ1) is 26.1. The van der Waals surface area contributed by atoms with Gasteiger partial charge in [-0.3, -0.25) is 4.79 Å². The van der Waals surface area contributed by atoms with Gasteiger partial charge in [-0.15, -0.1) is 0 Å². The Morgan fingerprint density at radius 2 is 1.73 bits per heavy atom. The highest BCUT2D eigenvalue weighted by Crippen LogP contribution is 2.26. The molecule has 0 fully saturated rings. The zero-order valence-corrected chi connectivity index (χ0v) is 20.4. The van der Waals surface area contributed by atoms with E-state index < -0.39 is 5.82 Å². The fraction of sp³-hybridized carbons (Fsp3) is 0.440. The van der Waals surface area contributed by atoms with Crippen LogP contribution in [0.25, 0.3) is 0 Å². The van der Waals surface area contributed by atoms with Crippen LogP contribution in [0.3, 0.4) is 0 Å². The number of anilines is 3. The van der Waals surface area contributed by atoms with Gasteiger partial charge in [-0.1, -0.05) is 26.8 Å². The van der Waals surface area contributed by atoms with Gasteiger partial charge in [-0.2, -0.15) is 0 Å². The number of nitrogens with one attached hydrogen (secondary N) is 2. The number of carbonyl (C=O) groups is 2. The number of methoxy groups -OCH3 is 1. The third kappa shape index (κ3) is 8.73. The second-order valence-electron chi connectivity index (χ2n) is 9.38. The lowest BCUT2D eigenvalue weighted by Crippen LogP contribution is -2.37. The molecule has 2 aromatic carbocycles. The number of amides is 3. The maximum Gasteiger partial charge on any atom is 0.322 e. The molecule has 2 rings (SSSR count). The summed E-state index contributed by atoms with van der Waals surface area (Å²) < 4.78 is 18.7. The SMILES string of the molecule is COCCN(Cc1cc(NC(=O)CC(C)(C)C)ccc1N(C)C)C(=O)Nc1cccc(F)c1. The van der Waals surface area contributed by atoms with Crippen molar-refractivity contribution in [3.63, 3.8) is 0 Å². The van der Waals surface area contributed by atoms with Crippen LogP contribution < -0.4 is 15.5 Å². The quantitative estimate of drug-likeness (QED) is 0.558. The summed E-state index contributed by atoms with van der Waals surface area (Å²) in [5.74, 6) is -0.490. The van der Waals surface area contributed by atoms with E-state index in [-0.39, 0.29) is 23.9 Å². The summed E-state index contributed by atoms with van der Waals surface area (Å²) in [6, 6.07) is 11.0. The number of benzene rings is 2. The monoisotopic (exact) mass is 458 g/mol. The van der Waals surface area contributed by atoms with Crippen molar-refractivity contribution in [2.45, 2.75) is 33.7 Å². The Bertz CT molecular complexity index is 957. The molecule has 0 aliphatic rings. The Kier molecular flexibility index (Phi) is 9.22. The summed E-state index contributed by atoms with van der Waals surface area (Å²) in [7, 11) is 5.41. The van der Waals surface area contributed by atoms with Crippen LogP contribution in [0.1, 0.15) is 32.8 Å². The fourth-order valence-corrected chi connectivity index (χ4v) is 3.34. The molecule has 180 valence electrons. The molecule has 0 heterocycles. The van der Waals surface area contributed by atoms with Crippen LogP contribution in [0, 0.1) is 11.2 Å². The van der Waals surface area contributed by atoms with E-state index in [1.54, 1.807) is 24.1 Å². The average Bonchev–Trinajstić information content (AvgIpc) is 2.69. The lowest BCUT2D eigenvalue weighted by molar-refractivity contribution is -0.117. The smallest absolute Gasteiger partial charge is 0.322 e. The van der Waals surface area contributed by atoms with Crippen molar-refractivity contribution in [1.29, 1.82) is 0 Å². The normalized spacial score (nSPS) is 11.1. The van der Waals surface area contributed by atoms with Crippen LogP contribution in [-0.2, 0) is 16.1 Å². The molecule has 0 aliphatic carbocycles. The molecule has 33 heavy (non-hydrogen) atoms. The topological polar surface area (TPSA) is 73.9 Å². The predicted octanol–water partition coefficient (Wildman–Crippen LogP) is 4.95. The lowest BCUT2D eigenvalue weighted by Gasteiger charge is -2.26. The van der Waals surface area contributed by atoms with Gasteiger partial charge in [0.2, 0.25) is 5.91 Å². The van der Waals surface area contributed by atoms with Gasteiger partial charge in [0.05, 0.1) is 6.61 Å². The van der Waals surface area contributed by atoms with Crippen molar-refractivity contribution < 1.29 is 18.7 Å². The molecule has 0 atom stereocenters. The van der Waals surface area contributed by atoms with Crippen LogP contribution in [0.15, 0.2) is 42.5 Å². The van der Waals surface area contributed by atoms with Crippen LogP contribution in [0.5, 0.6) is 0 Å². The average molecular weight is 459 g/mol. The van der Waals surface area contributed by atoms with E-state index in [2.05, 4.69) is 10.6 Å². The number of hydrogen-bond donors (Lipinski definition) is 2. The van der Waals surface area contributed by atoms with Crippen LogP contribution in [0.4, 0.5) is 26.2 Å². The molecule has 0 spiro atoms. The molecule has 0 aromatic heterocycles. The maximum atomic E-state index is 13.5. The third-order valence-electron chi connectivity index (χ3n) is 4.83. The molecule has 0 saturated heterocycles. The number of halogens is 1. The molecule has 2 N–H and O–H groups in total. The first-order chi connectivity index (χ1) is 15.5. The molecule has 0 aliphatic heterocycles. The van der Waals surface area contributed by atoms with Crippen LogP contribution in [-0.4, -0.2) is 51.2 Å². The molecular formula is C25H35FN4O3. The minimum atomic E-state index is -0.426. The largest absolute Gasteiger partial charge is 0.383 e. The molecule has 2 aromatic rings. The predicted molar refractivity (Wildman–Crippen MR) is 131 cm³/mol. The first-order valence-electron chi connectivity index (χ1n) is 10.9.